The number of nitrogens with zero attached hydrogens (tertiary/aromatic N) is 2. The number of likely N-dealkylation sites (N-methyl/N-ethyl adjacent to an activating group) is 1. The molecule has 1 unspecified atom stereocenters. The number of ether oxygens (including phenoxy) is 1. The Bertz CT molecular complexity index is 870. The molecule has 2 aromatic rings. The zero-order valence-electron chi connectivity index (χ0n) is 16.0. The van der Waals surface area contributed by atoms with Gasteiger partial charge in [0.15, 0.2) is 6.61 Å². The molecule has 6 nitrogen and oxygen atoms in total. The minimum Gasteiger partial charge on any atom is -0.484 e. The third-order valence-electron chi connectivity index (χ3n) is 5.59. The van der Waals surface area contributed by atoms with Gasteiger partial charge < -0.3 is 19.0 Å². The summed E-state index contributed by atoms with van der Waals surface area (Å²) in [6.45, 7) is 0.559. The summed E-state index contributed by atoms with van der Waals surface area (Å²) in [5.74, 6) is 1.60. The highest BCUT2D eigenvalue weighted by atomic mass is 16.5. The Morgan fingerprint density at radius 2 is 2.04 bits per heavy atom. The molecule has 6 heteroatoms. The van der Waals surface area contributed by atoms with Crippen molar-refractivity contribution in [1.29, 1.82) is 0 Å². The predicted octanol–water partition coefficient (Wildman–Crippen LogP) is 2.77. The van der Waals surface area contributed by atoms with Crippen LogP contribution in [0.3, 0.4) is 0 Å². The molecule has 1 fully saturated rings. The van der Waals surface area contributed by atoms with Crippen LogP contribution in [0.1, 0.15) is 37.0 Å². The SMILES string of the molecule is CN(C)C(=O)C1CCCN1C(=O)COc1ccc2oc3c(c2c1)CCCC3. The van der Waals surface area contributed by atoms with Gasteiger partial charge >= 0.3 is 0 Å². The van der Waals surface area contributed by atoms with E-state index in [1.807, 2.05) is 18.2 Å². The molecule has 2 amide bonds. The molecular formula is C21H26N2O4. The van der Waals surface area contributed by atoms with E-state index in [4.69, 9.17) is 9.15 Å². The van der Waals surface area contributed by atoms with E-state index >= 15 is 0 Å². The maximum atomic E-state index is 12.6. The molecule has 1 aliphatic carbocycles. The van der Waals surface area contributed by atoms with Crippen LogP contribution in [0.4, 0.5) is 0 Å². The van der Waals surface area contributed by atoms with Gasteiger partial charge in [-0.1, -0.05) is 0 Å². The second kappa shape index (κ2) is 7.25. The average molecular weight is 370 g/mol. The molecule has 1 saturated heterocycles. The summed E-state index contributed by atoms with van der Waals surface area (Å²) in [6.07, 6.45) is 5.95. The van der Waals surface area contributed by atoms with E-state index < -0.39 is 0 Å². The molecule has 144 valence electrons. The summed E-state index contributed by atoms with van der Waals surface area (Å²) in [5.41, 5.74) is 2.17. The number of amides is 2. The van der Waals surface area contributed by atoms with Crippen LogP contribution in [0.2, 0.25) is 0 Å². The van der Waals surface area contributed by atoms with Gasteiger partial charge in [-0.15, -0.1) is 0 Å². The third-order valence-corrected chi connectivity index (χ3v) is 5.59. The molecule has 1 atom stereocenters. The summed E-state index contributed by atoms with van der Waals surface area (Å²) < 4.78 is 11.7. The molecule has 0 N–H and O–H groups in total. The molecule has 2 aliphatic rings. The van der Waals surface area contributed by atoms with Gasteiger partial charge in [-0.3, -0.25) is 9.59 Å². The number of furan rings is 1. The highest BCUT2D eigenvalue weighted by Crippen LogP contribution is 2.34. The zero-order chi connectivity index (χ0) is 19.0. The predicted molar refractivity (Wildman–Crippen MR) is 102 cm³/mol. The van der Waals surface area contributed by atoms with E-state index in [2.05, 4.69) is 0 Å². The number of fused-ring (bicyclic) bond motifs is 3. The number of likely N-dealkylation sites (tertiary alicyclic amines) is 1. The highest BCUT2D eigenvalue weighted by Gasteiger charge is 2.35. The monoisotopic (exact) mass is 370 g/mol. The number of hydrogen-bond acceptors (Lipinski definition) is 4. The molecule has 1 aromatic heterocycles. The first-order valence-electron chi connectivity index (χ1n) is 9.72. The Kier molecular flexibility index (Phi) is 4.81. The number of carbonyl (C=O) groups is 2. The number of rotatable bonds is 4. The molecule has 0 bridgehead atoms. The number of aryl methyl sites for hydroxylation is 2. The Balaban J connectivity index is 1.45. The number of carbonyl (C=O) groups excluding carboxylic acids is 2. The fourth-order valence-electron chi connectivity index (χ4n) is 4.18. The lowest BCUT2D eigenvalue weighted by Gasteiger charge is -2.26. The summed E-state index contributed by atoms with van der Waals surface area (Å²) in [5, 5.41) is 1.09. The lowest BCUT2D eigenvalue weighted by Crippen LogP contribution is -2.46. The van der Waals surface area contributed by atoms with Gasteiger partial charge in [-0.05, 0) is 50.3 Å². The largest absolute Gasteiger partial charge is 0.484 e. The van der Waals surface area contributed by atoms with Crippen LogP contribution in [0.15, 0.2) is 22.6 Å². The topological polar surface area (TPSA) is 63.0 Å². The minimum atomic E-state index is -0.362. The van der Waals surface area contributed by atoms with Crippen LogP contribution in [0.5, 0.6) is 5.75 Å². The molecule has 0 radical (unpaired) electrons. The Morgan fingerprint density at radius 1 is 1.22 bits per heavy atom. The Labute approximate surface area is 159 Å². The molecule has 1 aliphatic heterocycles. The number of hydrogen-bond donors (Lipinski definition) is 0. The molecular weight excluding hydrogens is 344 g/mol. The van der Waals surface area contributed by atoms with Crippen molar-refractivity contribution in [2.45, 2.75) is 44.6 Å². The fraction of sp³-hybridized carbons (Fsp3) is 0.524. The second-order valence-corrected chi connectivity index (χ2v) is 7.64. The van der Waals surface area contributed by atoms with E-state index in [0.29, 0.717) is 12.3 Å². The van der Waals surface area contributed by atoms with E-state index in [9.17, 15) is 9.59 Å². The lowest BCUT2D eigenvalue weighted by molar-refractivity contribution is -0.143. The summed E-state index contributed by atoms with van der Waals surface area (Å²) in [4.78, 5) is 28.1. The first kappa shape index (κ1) is 17.9. The summed E-state index contributed by atoms with van der Waals surface area (Å²) in [6, 6.07) is 5.38. The van der Waals surface area contributed by atoms with E-state index in [0.717, 1.165) is 42.4 Å². The Morgan fingerprint density at radius 3 is 2.85 bits per heavy atom. The summed E-state index contributed by atoms with van der Waals surface area (Å²) in [7, 11) is 3.45. The lowest BCUT2D eigenvalue weighted by atomic mass is 9.96. The standard InChI is InChI=1S/C21H26N2O4/c1-22(2)21(25)17-7-5-11-23(17)20(24)13-26-14-9-10-19-16(12-14)15-6-3-4-8-18(15)27-19/h9-10,12,17H,3-8,11,13H2,1-2H3. The van der Waals surface area contributed by atoms with E-state index in [1.165, 1.54) is 18.4 Å². The normalized spacial score (nSPS) is 19.2. The van der Waals surface area contributed by atoms with Crippen LogP contribution >= 0.6 is 0 Å². The highest BCUT2D eigenvalue weighted by molar-refractivity contribution is 5.89. The van der Waals surface area contributed by atoms with Gasteiger partial charge in [0.05, 0.1) is 0 Å². The van der Waals surface area contributed by atoms with Crippen LogP contribution < -0.4 is 4.74 Å². The first-order valence-corrected chi connectivity index (χ1v) is 9.72. The van der Waals surface area contributed by atoms with Crippen LogP contribution in [0, 0.1) is 0 Å². The smallest absolute Gasteiger partial charge is 0.261 e. The van der Waals surface area contributed by atoms with Crippen molar-refractivity contribution in [3.8, 4) is 5.75 Å². The second-order valence-electron chi connectivity index (χ2n) is 7.64. The van der Waals surface area contributed by atoms with Crippen molar-refractivity contribution in [2.24, 2.45) is 0 Å². The van der Waals surface area contributed by atoms with Crippen molar-refractivity contribution in [3.63, 3.8) is 0 Å². The van der Waals surface area contributed by atoms with Crippen LogP contribution in [-0.2, 0) is 22.4 Å². The van der Waals surface area contributed by atoms with Gasteiger partial charge in [0.1, 0.15) is 23.1 Å². The molecule has 1 aromatic carbocycles. The fourth-order valence-corrected chi connectivity index (χ4v) is 4.18. The van der Waals surface area contributed by atoms with Crippen LogP contribution in [-0.4, -0.2) is 54.9 Å². The minimum absolute atomic E-state index is 0.0210. The third kappa shape index (κ3) is 3.40. The van der Waals surface area contributed by atoms with Crippen molar-refractivity contribution < 1.29 is 18.7 Å². The van der Waals surface area contributed by atoms with Gasteiger partial charge in [0, 0.05) is 38.0 Å². The van der Waals surface area contributed by atoms with Gasteiger partial charge in [-0.2, -0.15) is 0 Å². The van der Waals surface area contributed by atoms with E-state index in [1.54, 1.807) is 23.9 Å². The van der Waals surface area contributed by atoms with Crippen LogP contribution in [0.25, 0.3) is 11.0 Å². The van der Waals surface area contributed by atoms with Gasteiger partial charge in [-0.25, -0.2) is 0 Å². The summed E-state index contributed by atoms with van der Waals surface area (Å²) >= 11 is 0. The Hall–Kier alpha value is -2.50. The zero-order valence-corrected chi connectivity index (χ0v) is 16.0. The average Bonchev–Trinajstić information content (AvgIpc) is 3.30. The van der Waals surface area contributed by atoms with Gasteiger partial charge in [0.25, 0.3) is 5.91 Å². The quantitative estimate of drug-likeness (QED) is 0.830. The number of benzene rings is 1. The molecule has 27 heavy (non-hydrogen) atoms. The maximum Gasteiger partial charge on any atom is 0.261 e. The van der Waals surface area contributed by atoms with E-state index in [-0.39, 0.29) is 24.5 Å². The van der Waals surface area contributed by atoms with Crippen molar-refractivity contribution >= 4 is 22.8 Å². The van der Waals surface area contributed by atoms with Crippen molar-refractivity contribution in [3.05, 3.63) is 29.5 Å². The molecule has 0 saturated carbocycles. The molecule has 4 rings (SSSR count). The van der Waals surface area contributed by atoms with Gasteiger partial charge in [0.2, 0.25) is 5.91 Å². The molecule has 2 heterocycles. The molecule has 0 spiro atoms. The van der Waals surface area contributed by atoms with Crippen molar-refractivity contribution in [1.82, 2.24) is 9.80 Å². The first-order chi connectivity index (χ1) is 13.0. The maximum absolute atomic E-state index is 12.6. The van der Waals surface area contributed by atoms with Crippen molar-refractivity contribution in [2.75, 3.05) is 27.2 Å².